The first-order valence-electron chi connectivity index (χ1n) is 10.9. The topological polar surface area (TPSA) is 46.5 Å². The lowest BCUT2D eigenvalue weighted by molar-refractivity contribution is -0.113. The number of halogens is 1. The summed E-state index contributed by atoms with van der Waals surface area (Å²) in [6.07, 6.45) is 5.62. The molecule has 1 atom stereocenters. The largest absolute Gasteiger partial charge is 0.504 e. The van der Waals surface area contributed by atoms with Gasteiger partial charge in [0.25, 0.3) is 0 Å². The van der Waals surface area contributed by atoms with E-state index in [1.165, 1.54) is 7.11 Å². The Balaban J connectivity index is 0. The van der Waals surface area contributed by atoms with Crippen LogP contribution in [0.25, 0.3) is 5.57 Å². The quantitative estimate of drug-likeness (QED) is 0.127. The molecular weight excluding hydrogens is 523 g/mol. The third-order valence-corrected chi connectivity index (χ3v) is 4.72. The molecule has 0 saturated carbocycles. The summed E-state index contributed by atoms with van der Waals surface area (Å²) in [6, 6.07) is 15.1. The fraction of sp³-hybridized carbons (Fsp3) is 0.345. The molecule has 33 heavy (non-hydrogen) atoms. The van der Waals surface area contributed by atoms with Crippen LogP contribution in [0.3, 0.4) is 0 Å². The molecule has 0 aliphatic carbocycles. The van der Waals surface area contributed by atoms with E-state index < -0.39 is 0 Å². The number of rotatable bonds is 6. The predicted molar refractivity (Wildman–Crippen MR) is 152 cm³/mol. The summed E-state index contributed by atoms with van der Waals surface area (Å²) in [4.78, 5) is 14.0. The van der Waals surface area contributed by atoms with Crippen LogP contribution in [-0.4, -0.2) is 22.9 Å². The summed E-state index contributed by atoms with van der Waals surface area (Å²) in [5, 5.41) is 9.83. The van der Waals surface area contributed by atoms with Crippen LogP contribution >= 0.6 is 22.6 Å². The van der Waals surface area contributed by atoms with Gasteiger partial charge < -0.3 is 9.84 Å². The second kappa shape index (κ2) is 19.0. The molecule has 0 spiro atoms. The zero-order chi connectivity index (χ0) is 26.0. The van der Waals surface area contributed by atoms with Gasteiger partial charge in [-0.1, -0.05) is 93.3 Å². The maximum atomic E-state index is 12.1. The van der Waals surface area contributed by atoms with Gasteiger partial charge in [-0.05, 0) is 58.8 Å². The van der Waals surface area contributed by atoms with Gasteiger partial charge in [-0.3, -0.25) is 4.79 Å². The minimum Gasteiger partial charge on any atom is -0.504 e. The van der Waals surface area contributed by atoms with Gasteiger partial charge >= 0.3 is 0 Å². The highest BCUT2D eigenvalue weighted by Crippen LogP contribution is 2.38. The number of alkyl halides is 1. The molecule has 180 valence electrons. The van der Waals surface area contributed by atoms with Gasteiger partial charge in [-0.25, -0.2) is 0 Å². The summed E-state index contributed by atoms with van der Waals surface area (Å²) in [6.45, 7) is 15.6. The number of terminal acetylenes is 1. The summed E-state index contributed by atoms with van der Waals surface area (Å²) >= 11 is 2.15. The minimum absolute atomic E-state index is 0.0182. The molecule has 0 radical (unpaired) electrons. The normalized spacial score (nSPS) is 10.8. The van der Waals surface area contributed by atoms with Crippen molar-refractivity contribution >= 4 is 33.9 Å². The smallest absolute Gasteiger partial charge is 0.160 e. The number of carbonyl (C=O) groups excluding carboxylic acids is 1. The third kappa shape index (κ3) is 10.8. The van der Waals surface area contributed by atoms with Crippen LogP contribution in [0.2, 0.25) is 0 Å². The first kappa shape index (κ1) is 32.7. The van der Waals surface area contributed by atoms with Crippen LogP contribution < -0.4 is 4.74 Å². The highest BCUT2D eigenvalue weighted by molar-refractivity contribution is 14.1. The molecule has 0 aromatic heterocycles. The number of benzene rings is 2. The lowest BCUT2D eigenvalue weighted by atomic mass is 9.82. The Bertz CT molecular complexity index is 922. The van der Waals surface area contributed by atoms with Crippen LogP contribution in [0.5, 0.6) is 11.5 Å². The minimum atomic E-state index is -0.0777. The second-order valence-electron chi connectivity index (χ2n) is 6.65. The standard InChI is InChI=1S/C22H24O3.C4H6.C2H6.CH3I/c1-14(17(4)23)22(15(2)18-9-7-6-8-10-18)16(3)19-11-12-20(24)21(13-19)25-5;1-3-4-2;2*1-2/h6-13,16,24H,2H2,1,3-5H3;1H,4H2,2H3;1-2H3;1H3/b22-14-;;;. The molecule has 0 aliphatic rings. The maximum Gasteiger partial charge on any atom is 0.160 e. The molecule has 0 aliphatic heterocycles. The van der Waals surface area contributed by atoms with Gasteiger partial charge in [-0.15, -0.1) is 12.3 Å². The summed E-state index contributed by atoms with van der Waals surface area (Å²) in [5.74, 6) is 2.87. The van der Waals surface area contributed by atoms with Gasteiger partial charge in [0.05, 0.1) is 7.11 Å². The number of aromatic hydroxyl groups is 1. The number of hydrogen-bond donors (Lipinski definition) is 1. The number of phenols is 1. The molecule has 0 saturated heterocycles. The molecule has 4 heteroatoms. The van der Waals surface area contributed by atoms with E-state index in [0.717, 1.165) is 28.7 Å². The molecule has 2 aromatic rings. The Kier molecular flexibility index (Phi) is 18.8. The van der Waals surface area contributed by atoms with Crippen LogP contribution in [0.15, 0.2) is 66.3 Å². The van der Waals surface area contributed by atoms with E-state index in [4.69, 9.17) is 11.2 Å². The van der Waals surface area contributed by atoms with Crippen molar-refractivity contribution in [3.8, 4) is 23.8 Å². The highest BCUT2D eigenvalue weighted by atomic mass is 127. The van der Waals surface area contributed by atoms with Crippen molar-refractivity contribution < 1.29 is 14.6 Å². The van der Waals surface area contributed by atoms with Crippen molar-refractivity contribution in [1.82, 2.24) is 0 Å². The lowest BCUT2D eigenvalue weighted by Crippen LogP contribution is -2.07. The number of Topliss-reactive ketones (excluding diaryl/α,β-unsaturated/α-hetero) is 1. The zero-order valence-corrected chi connectivity index (χ0v) is 23.5. The fourth-order valence-electron chi connectivity index (χ4n) is 2.93. The number of ketones is 1. The molecule has 1 unspecified atom stereocenters. The van der Waals surface area contributed by atoms with E-state index in [-0.39, 0.29) is 17.5 Å². The van der Waals surface area contributed by atoms with E-state index in [1.807, 2.05) is 75.9 Å². The van der Waals surface area contributed by atoms with E-state index in [2.05, 4.69) is 35.1 Å². The molecular formula is C29H39IO3. The Morgan fingerprint density at radius 3 is 2.09 bits per heavy atom. The van der Waals surface area contributed by atoms with E-state index >= 15 is 0 Å². The van der Waals surface area contributed by atoms with Crippen LogP contribution in [0.4, 0.5) is 0 Å². The lowest BCUT2D eigenvalue weighted by Gasteiger charge is -2.22. The Morgan fingerprint density at radius 1 is 1.15 bits per heavy atom. The molecule has 0 bridgehead atoms. The molecule has 1 N–H and O–H groups in total. The fourth-order valence-corrected chi connectivity index (χ4v) is 2.93. The first-order chi connectivity index (χ1) is 15.8. The van der Waals surface area contributed by atoms with Crippen LogP contribution in [0.1, 0.15) is 65.0 Å². The number of methoxy groups -OCH3 is 1. The number of ether oxygens (including phenoxy) is 1. The Morgan fingerprint density at radius 2 is 1.67 bits per heavy atom. The molecule has 2 aromatic carbocycles. The highest BCUT2D eigenvalue weighted by Gasteiger charge is 2.21. The monoisotopic (exact) mass is 562 g/mol. The van der Waals surface area contributed by atoms with Crippen molar-refractivity contribution in [3.63, 3.8) is 0 Å². The summed E-state index contributed by atoms with van der Waals surface area (Å²) in [7, 11) is 1.52. The number of allylic oxidation sites excluding steroid dienone is 3. The molecule has 0 fully saturated rings. The predicted octanol–water partition coefficient (Wildman–Crippen LogP) is 8.23. The number of hydrogen-bond acceptors (Lipinski definition) is 3. The SMILES string of the molecule is C#CCC.C=C(/C(=C(\C)C(C)=O)C(C)c1ccc(O)c(OC)c1)c1ccccc1.CC.CI. The molecule has 0 amide bonds. The Hall–Kier alpha value is -2.52. The number of carbonyl (C=O) groups is 1. The zero-order valence-electron chi connectivity index (χ0n) is 21.3. The van der Waals surface area contributed by atoms with Gasteiger partial charge in [0.1, 0.15) is 0 Å². The first-order valence-corrected chi connectivity index (χ1v) is 13.1. The molecule has 3 nitrogen and oxygen atoms in total. The van der Waals surface area contributed by atoms with Gasteiger partial charge in [-0.2, -0.15) is 0 Å². The van der Waals surface area contributed by atoms with Gasteiger partial charge in [0.15, 0.2) is 17.3 Å². The van der Waals surface area contributed by atoms with E-state index in [9.17, 15) is 9.90 Å². The average molecular weight is 563 g/mol. The van der Waals surface area contributed by atoms with Crippen LogP contribution in [-0.2, 0) is 4.79 Å². The van der Waals surface area contributed by atoms with E-state index in [0.29, 0.717) is 11.3 Å². The second-order valence-corrected chi connectivity index (χ2v) is 6.65. The summed E-state index contributed by atoms with van der Waals surface area (Å²) in [5.41, 5.74) is 4.34. The van der Waals surface area contributed by atoms with Gasteiger partial charge in [0.2, 0.25) is 0 Å². The van der Waals surface area contributed by atoms with Crippen molar-refractivity contribution in [2.24, 2.45) is 0 Å². The maximum absolute atomic E-state index is 12.1. The van der Waals surface area contributed by atoms with Crippen molar-refractivity contribution in [1.29, 1.82) is 0 Å². The van der Waals surface area contributed by atoms with Crippen molar-refractivity contribution in [2.75, 3.05) is 12.0 Å². The molecule has 0 heterocycles. The summed E-state index contributed by atoms with van der Waals surface area (Å²) < 4.78 is 5.21. The molecule has 2 rings (SSSR count). The third-order valence-electron chi connectivity index (χ3n) is 4.72. The van der Waals surface area contributed by atoms with Crippen molar-refractivity contribution in [3.05, 3.63) is 77.4 Å². The number of phenolic OH excluding ortho intramolecular Hbond substituents is 1. The Labute approximate surface area is 215 Å². The van der Waals surface area contributed by atoms with E-state index in [1.54, 1.807) is 19.1 Å². The van der Waals surface area contributed by atoms with Crippen molar-refractivity contribution in [2.45, 2.75) is 53.9 Å². The van der Waals surface area contributed by atoms with Crippen LogP contribution in [0, 0.1) is 12.3 Å². The average Bonchev–Trinajstić information content (AvgIpc) is 2.87. The van der Waals surface area contributed by atoms with Gasteiger partial charge in [0, 0.05) is 12.3 Å².